The molecule has 0 aliphatic heterocycles. The maximum absolute atomic E-state index is 12.0. The van der Waals surface area contributed by atoms with Gasteiger partial charge in [-0.15, -0.1) is 0 Å². The Morgan fingerprint density at radius 1 is 1.52 bits per heavy atom. The van der Waals surface area contributed by atoms with Crippen LogP contribution in [0.2, 0.25) is 5.15 Å². The van der Waals surface area contributed by atoms with Gasteiger partial charge in [0, 0.05) is 12.2 Å². The molecule has 0 amide bonds. The van der Waals surface area contributed by atoms with Gasteiger partial charge in [-0.3, -0.25) is 4.79 Å². The van der Waals surface area contributed by atoms with E-state index in [9.17, 15) is 4.79 Å². The van der Waals surface area contributed by atoms with Crippen molar-refractivity contribution in [3.8, 4) is 6.07 Å². The van der Waals surface area contributed by atoms with Crippen molar-refractivity contribution in [1.82, 2.24) is 4.98 Å². The van der Waals surface area contributed by atoms with E-state index in [1.54, 1.807) is 6.07 Å². The zero-order valence-corrected chi connectivity index (χ0v) is 12.2. The highest BCUT2D eigenvalue weighted by Gasteiger charge is 2.49. The number of nitrogens with one attached hydrogen (secondary N) is 1. The highest BCUT2D eigenvalue weighted by atomic mass is 35.5. The lowest BCUT2D eigenvalue weighted by atomic mass is 9.88. The molecule has 0 spiro atoms. The van der Waals surface area contributed by atoms with Crippen molar-refractivity contribution in [3.63, 3.8) is 0 Å². The number of nitriles is 1. The van der Waals surface area contributed by atoms with Gasteiger partial charge in [0.2, 0.25) is 0 Å². The Labute approximate surface area is 127 Å². The molecule has 5 nitrogen and oxygen atoms in total. The lowest BCUT2D eigenvalue weighted by Gasteiger charge is -2.28. The number of ether oxygens (including phenoxy) is 1. The fourth-order valence-electron chi connectivity index (χ4n) is 3.29. The number of nitrogens with zero attached hydrogens (tertiary/aromatic N) is 2. The molecular formula is C15H14ClN3O2. The summed E-state index contributed by atoms with van der Waals surface area (Å²) in [6.07, 6.45) is 6.56. The summed E-state index contributed by atoms with van der Waals surface area (Å²) in [5.41, 5.74) is 1.02. The lowest BCUT2D eigenvalue weighted by molar-refractivity contribution is -0.146. The van der Waals surface area contributed by atoms with Gasteiger partial charge in [0.25, 0.3) is 0 Å². The molecule has 2 bridgehead atoms. The molecule has 0 saturated heterocycles. The summed E-state index contributed by atoms with van der Waals surface area (Å²) < 4.78 is 4.92. The van der Waals surface area contributed by atoms with E-state index < -0.39 is 0 Å². The molecule has 1 aromatic rings. The summed E-state index contributed by atoms with van der Waals surface area (Å²) in [5.74, 6) is 0.00636. The van der Waals surface area contributed by atoms with E-state index in [1.807, 2.05) is 0 Å². The number of methoxy groups -OCH3 is 1. The van der Waals surface area contributed by atoms with Crippen LogP contribution in [-0.2, 0) is 9.53 Å². The second-order valence-corrected chi connectivity index (χ2v) is 5.72. The van der Waals surface area contributed by atoms with Gasteiger partial charge in [0.1, 0.15) is 11.2 Å². The Morgan fingerprint density at radius 2 is 2.29 bits per heavy atom. The lowest BCUT2D eigenvalue weighted by Crippen LogP contribution is -2.38. The van der Waals surface area contributed by atoms with Crippen LogP contribution in [0, 0.1) is 29.1 Å². The number of aromatic nitrogens is 1. The second-order valence-electron chi connectivity index (χ2n) is 5.33. The number of rotatable bonds is 3. The van der Waals surface area contributed by atoms with Crippen LogP contribution in [0.15, 0.2) is 24.4 Å². The average molecular weight is 304 g/mol. The molecular weight excluding hydrogens is 290 g/mol. The molecule has 4 atom stereocenters. The third-order valence-corrected chi connectivity index (χ3v) is 4.45. The van der Waals surface area contributed by atoms with Crippen LogP contribution < -0.4 is 5.32 Å². The van der Waals surface area contributed by atoms with Gasteiger partial charge in [0.15, 0.2) is 0 Å². The molecule has 108 valence electrons. The van der Waals surface area contributed by atoms with Gasteiger partial charge in [-0.25, -0.2) is 4.98 Å². The normalized spacial score (nSPS) is 29.2. The third-order valence-electron chi connectivity index (χ3n) is 4.25. The first-order chi connectivity index (χ1) is 10.1. The minimum atomic E-state index is -0.233. The zero-order chi connectivity index (χ0) is 15.0. The number of esters is 1. The van der Waals surface area contributed by atoms with E-state index in [0.29, 0.717) is 16.4 Å². The number of carbonyl (C=O) groups is 1. The van der Waals surface area contributed by atoms with E-state index in [1.165, 1.54) is 13.3 Å². The van der Waals surface area contributed by atoms with E-state index in [-0.39, 0.29) is 29.8 Å². The molecule has 2 aliphatic rings. The van der Waals surface area contributed by atoms with Gasteiger partial charge in [0.05, 0.1) is 24.3 Å². The second kappa shape index (κ2) is 5.38. The van der Waals surface area contributed by atoms with Crippen LogP contribution in [0.4, 0.5) is 5.69 Å². The van der Waals surface area contributed by atoms with Crippen LogP contribution in [0.3, 0.4) is 0 Å². The molecule has 1 N–H and O–H groups in total. The zero-order valence-electron chi connectivity index (χ0n) is 11.4. The van der Waals surface area contributed by atoms with E-state index in [0.717, 1.165) is 6.42 Å². The summed E-state index contributed by atoms with van der Waals surface area (Å²) in [6, 6.07) is 3.61. The van der Waals surface area contributed by atoms with Crippen LogP contribution in [0.5, 0.6) is 0 Å². The Balaban J connectivity index is 1.90. The van der Waals surface area contributed by atoms with Crippen LogP contribution in [0.25, 0.3) is 0 Å². The molecule has 1 fully saturated rings. The number of halogens is 1. The average Bonchev–Trinajstić information content (AvgIpc) is 3.08. The van der Waals surface area contributed by atoms with Gasteiger partial charge in [-0.2, -0.15) is 5.26 Å². The van der Waals surface area contributed by atoms with Gasteiger partial charge in [-0.05, 0) is 24.3 Å². The minimum absolute atomic E-state index is 0.0852. The number of fused-ring (bicyclic) bond motifs is 2. The van der Waals surface area contributed by atoms with Crippen molar-refractivity contribution in [2.75, 3.05) is 12.4 Å². The predicted molar refractivity (Wildman–Crippen MR) is 77.6 cm³/mol. The smallest absolute Gasteiger partial charge is 0.311 e. The van der Waals surface area contributed by atoms with Crippen LogP contribution in [0.1, 0.15) is 12.0 Å². The summed E-state index contributed by atoms with van der Waals surface area (Å²) in [6.45, 7) is 0. The first-order valence-electron chi connectivity index (χ1n) is 6.72. The molecule has 2 aliphatic carbocycles. The first kappa shape index (κ1) is 13.9. The quantitative estimate of drug-likeness (QED) is 0.527. The molecule has 6 heteroatoms. The van der Waals surface area contributed by atoms with Gasteiger partial charge < -0.3 is 10.1 Å². The van der Waals surface area contributed by atoms with Crippen molar-refractivity contribution in [1.29, 1.82) is 5.26 Å². The van der Waals surface area contributed by atoms with Crippen LogP contribution >= 0.6 is 11.6 Å². The number of allylic oxidation sites excluding steroid dienone is 1. The molecule has 21 heavy (non-hydrogen) atoms. The van der Waals surface area contributed by atoms with Gasteiger partial charge >= 0.3 is 5.97 Å². The maximum Gasteiger partial charge on any atom is 0.311 e. The Hall–Kier alpha value is -2.06. The molecule has 1 heterocycles. The summed E-state index contributed by atoms with van der Waals surface area (Å²) >= 11 is 5.90. The maximum atomic E-state index is 12.0. The Morgan fingerprint density at radius 3 is 3.00 bits per heavy atom. The number of hydrogen-bond donors (Lipinski definition) is 1. The third kappa shape index (κ3) is 2.36. The largest absolute Gasteiger partial charge is 0.469 e. The Kier molecular flexibility index (Phi) is 3.56. The highest BCUT2D eigenvalue weighted by molar-refractivity contribution is 6.29. The Bertz CT molecular complexity index is 653. The molecule has 0 unspecified atom stereocenters. The van der Waals surface area contributed by atoms with Crippen molar-refractivity contribution in [2.24, 2.45) is 17.8 Å². The summed E-state index contributed by atoms with van der Waals surface area (Å²) in [7, 11) is 1.40. The summed E-state index contributed by atoms with van der Waals surface area (Å²) in [4.78, 5) is 15.9. The summed E-state index contributed by atoms with van der Waals surface area (Å²) in [5, 5.41) is 12.8. The van der Waals surface area contributed by atoms with Crippen LogP contribution in [-0.4, -0.2) is 24.1 Å². The van der Waals surface area contributed by atoms with E-state index in [4.69, 9.17) is 21.6 Å². The molecule has 0 aromatic carbocycles. The topological polar surface area (TPSA) is 75.0 Å². The number of anilines is 1. The van der Waals surface area contributed by atoms with Crippen molar-refractivity contribution < 1.29 is 9.53 Å². The minimum Gasteiger partial charge on any atom is -0.469 e. The highest BCUT2D eigenvalue weighted by Crippen LogP contribution is 2.45. The molecule has 3 rings (SSSR count). The first-order valence-corrected chi connectivity index (χ1v) is 7.10. The predicted octanol–water partition coefficient (Wildman–Crippen LogP) is 2.38. The monoisotopic (exact) mass is 303 g/mol. The number of hydrogen-bond acceptors (Lipinski definition) is 5. The van der Waals surface area contributed by atoms with E-state index in [2.05, 4.69) is 28.5 Å². The SMILES string of the molecule is COC(=O)[C@@H]1[C@H](Nc2cc(Cl)ncc2C#N)[C@H]2C=C[C@@H]1C2. The fourth-order valence-corrected chi connectivity index (χ4v) is 3.45. The number of pyridine rings is 1. The molecule has 0 radical (unpaired) electrons. The molecule has 1 aromatic heterocycles. The fraction of sp³-hybridized carbons (Fsp3) is 0.400. The van der Waals surface area contributed by atoms with Crippen molar-refractivity contribution >= 4 is 23.3 Å². The van der Waals surface area contributed by atoms with Crippen molar-refractivity contribution in [2.45, 2.75) is 12.5 Å². The van der Waals surface area contributed by atoms with Gasteiger partial charge in [-0.1, -0.05) is 23.8 Å². The van der Waals surface area contributed by atoms with E-state index >= 15 is 0 Å². The molecule has 1 saturated carbocycles. The number of carbonyl (C=O) groups excluding carboxylic acids is 1. The standard InChI is InChI=1S/C15H14ClN3O2/c1-21-15(20)13-8-2-3-9(4-8)14(13)19-11-5-12(16)18-7-10(11)6-17/h2-3,5,7-9,13-14H,4H2,1H3,(H,18,19)/t8-,9+,13+,14-/m1/s1. The van der Waals surface area contributed by atoms with Crippen molar-refractivity contribution in [3.05, 3.63) is 35.1 Å².